The zero-order valence-corrected chi connectivity index (χ0v) is 15.2. The van der Waals surface area contributed by atoms with Crippen LogP contribution in [0.1, 0.15) is 57.2 Å². The van der Waals surface area contributed by atoms with Crippen molar-refractivity contribution in [2.75, 3.05) is 7.05 Å². The lowest BCUT2D eigenvalue weighted by molar-refractivity contribution is -0.182. The highest BCUT2D eigenvalue weighted by Gasteiger charge is 2.55. The molecule has 0 spiro atoms. The topological polar surface area (TPSA) is 12.5 Å². The van der Waals surface area contributed by atoms with Gasteiger partial charge in [-0.25, -0.2) is 0 Å². The van der Waals surface area contributed by atoms with Gasteiger partial charge in [-0.1, -0.05) is 32.0 Å². The van der Waals surface area contributed by atoms with E-state index in [0.717, 1.165) is 0 Å². The molecule has 0 bridgehead atoms. The summed E-state index contributed by atoms with van der Waals surface area (Å²) < 4.78 is 0. The Bertz CT molecular complexity index is 559. The fraction of sp³-hybridized carbons (Fsp3) is 0.700. The minimum atomic E-state index is -0.0635. The Morgan fingerprint density at radius 1 is 1.09 bits per heavy atom. The molecular formula is C20H31NO. The summed E-state index contributed by atoms with van der Waals surface area (Å²) >= 11 is 0. The lowest BCUT2D eigenvalue weighted by Crippen LogP contribution is -2.48. The SMILES string of the molecule is Cc1cccc(C)c1C1(C)CC(C)C2C(C1)C(C)(C)ON2C. The van der Waals surface area contributed by atoms with Crippen LogP contribution in [0.25, 0.3) is 0 Å². The molecular weight excluding hydrogens is 270 g/mol. The largest absolute Gasteiger partial charge is 0.293 e. The van der Waals surface area contributed by atoms with Crippen LogP contribution in [0.15, 0.2) is 18.2 Å². The first-order chi connectivity index (χ1) is 10.2. The maximum absolute atomic E-state index is 6.19. The molecule has 1 saturated heterocycles. The highest BCUT2D eigenvalue weighted by molar-refractivity contribution is 5.40. The van der Waals surface area contributed by atoms with Crippen molar-refractivity contribution in [3.63, 3.8) is 0 Å². The lowest BCUT2D eigenvalue weighted by atomic mass is 9.58. The second kappa shape index (κ2) is 5.07. The Labute approximate surface area is 135 Å². The van der Waals surface area contributed by atoms with Crippen LogP contribution in [0.5, 0.6) is 0 Å². The van der Waals surface area contributed by atoms with Crippen molar-refractivity contribution in [3.05, 3.63) is 34.9 Å². The molecule has 1 heterocycles. The lowest BCUT2D eigenvalue weighted by Gasteiger charge is -2.47. The Balaban J connectivity index is 2.03. The van der Waals surface area contributed by atoms with E-state index in [2.05, 4.69) is 71.9 Å². The Morgan fingerprint density at radius 3 is 2.27 bits per heavy atom. The number of benzene rings is 1. The summed E-state index contributed by atoms with van der Waals surface area (Å²) in [7, 11) is 2.12. The second-order valence-corrected chi connectivity index (χ2v) is 8.55. The third-order valence-electron chi connectivity index (χ3n) is 6.21. The fourth-order valence-corrected chi connectivity index (χ4v) is 5.66. The predicted octanol–water partition coefficient (Wildman–Crippen LogP) is 4.63. The van der Waals surface area contributed by atoms with Gasteiger partial charge in [-0.3, -0.25) is 4.84 Å². The van der Waals surface area contributed by atoms with Gasteiger partial charge in [0, 0.05) is 19.0 Å². The van der Waals surface area contributed by atoms with Gasteiger partial charge in [-0.15, -0.1) is 0 Å². The molecule has 2 aliphatic rings. The highest BCUT2D eigenvalue weighted by atomic mass is 16.7. The van der Waals surface area contributed by atoms with E-state index in [1.807, 2.05) is 0 Å². The number of hydroxylamine groups is 2. The second-order valence-electron chi connectivity index (χ2n) is 8.55. The van der Waals surface area contributed by atoms with E-state index in [0.29, 0.717) is 17.9 Å². The first-order valence-corrected chi connectivity index (χ1v) is 8.64. The minimum Gasteiger partial charge on any atom is -0.293 e. The summed E-state index contributed by atoms with van der Waals surface area (Å²) in [5, 5.41) is 2.14. The van der Waals surface area contributed by atoms with Gasteiger partial charge in [0.1, 0.15) is 0 Å². The van der Waals surface area contributed by atoms with Gasteiger partial charge >= 0.3 is 0 Å². The number of aryl methyl sites for hydroxylation is 2. The molecule has 1 saturated carbocycles. The number of nitrogens with zero attached hydrogens (tertiary/aromatic N) is 1. The van der Waals surface area contributed by atoms with Crippen LogP contribution in [0.3, 0.4) is 0 Å². The standard InChI is InChI=1S/C20H31NO/c1-13-9-8-10-14(2)17(13)20(6)11-15(3)18-16(12-20)19(4,5)22-21(18)7/h8-10,15-16,18H,11-12H2,1-7H3. The summed E-state index contributed by atoms with van der Waals surface area (Å²) in [6, 6.07) is 7.27. The van der Waals surface area contributed by atoms with E-state index in [-0.39, 0.29) is 11.0 Å². The van der Waals surface area contributed by atoms with Crippen molar-refractivity contribution in [1.82, 2.24) is 5.06 Å². The molecule has 1 aliphatic heterocycles. The van der Waals surface area contributed by atoms with Gasteiger partial charge in [0.25, 0.3) is 0 Å². The smallest absolute Gasteiger partial charge is 0.0887 e. The quantitative estimate of drug-likeness (QED) is 0.750. The van der Waals surface area contributed by atoms with Gasteiger partial charge in [0.05, 0.1) is 5.60 Å². The molecule has 1 aromatic carbocycles. The molecule has 4 atom stereocenters. The van der Waals surface area contributed by atoms with Crippen molar-refractivity contribution >= 4 is 0 Å². The van der Waals surface area contributed by atoms with E-state index >= 15 is 0 Å². The average Bonchev–Trinajstić information content (AvgIpc) is 2.58. The van der Waals surface area contributed by atoms with Crippen molar-refractivity contribution in [2.45, 2.75) is 71.4 Å². The Morgan fingerprint density at radius 2 is 1.68 bits per heavy atom. The first-order valence-electron chi connectivity index (χ1n) is 8.64. The van der Waals surface area contributed by atoms with Crippen molar-refractivity contribution in [1.29, 1.82) is 0 Å². The van der Waals surface area contributed by atoms with Crippen LogP contribution in [0.4, 0.5) is 0 Å². The average molecular weight is 301 g/mol. The predicted molar refractivity (Wildman–Crippen MR) is 91.9 cm³/mol. The summed E-state index contributed by atoms with van der Waals surface area (Å²) in [5.74, 6) is 1.24. The number of hydrogen-bond acceptors (Lipinski definition) is 2. The van der Waals surface area contributed by atoms with Crippen LogP contribution >= 0.6 is 0 Å². The van der Waals surface area contributed by atoms with E-state index in [9.17, 15) is 0 Å². The van der Waals surface area contributed by atoms with E-state index in [4.69, 9.17) is 4.84 Å². The first kappa shape index (κ1) is 16.0. The molecule has 0 amide bonds. The molecule has 2 fully saturated rings. The van der Waals surface area contributed by atoms with Crippen LogP contribution in [0.2, 0.25) is 0 Å². The van der Waals surface area contributed by atoms with E-state index in [1.165, 1.54) is 24.0 Å². The number of rotatable bonds is 1. The minimum absolute atomic E-state index is 0.0635. The van der Waals surface area contributed by atoms with Crippen LogP contribution in [-0.4, -0.2) is 23.8 Å². The Hall–Kier alpha value is -0.860. The Kier molecular flexibility index (Phi) is 3.69. The molecule has 2 heteroatoms. The normalized spacial score (nSPS) is 38.0. The van der Waals surface area contributed by atoms with Gasteiger partial charge < -0.3 is 0 Å². The molecule has 1 aliphatic carbocycles. The molecule has 22 heavy (non-hydrogen) atoms. The fourth-order valence-electron chi connectivity index (χ4n) is 5.66. The molecule has 0 radical (unpaired) electrons. The third kappa shape index (κ3) is 2.32. The van der Waals surface area contributed by atoms with E-state index in [1.54, 1.807) is 5.56 Å². The molecule has 3 rings (SSSR count). The van der Waals surface area contributed by atoms with Crippen molar-refractivity contribution < 1.29 is 4.84 Å². The van der Waals surface area contributed by atoms with Gasteiger partial charge in [-0.2, -0.15) is 5.06 Å². The summed E-state index contributed by atoms with van der Waals surface area (Å²) in [6.45, 7) is 13.9. The van der Waals surface area contributed by atoms with Crippen LogP contribution in [0, 0.1) is 25.7 Å². The van der Waals surface area contributed by atoms with Gasteiger partial charge in [-0.05, 0) is 68.6 Å². The molecule has 2 nitrogen and oxygen atoms in total. The molecule has 122 valence electrons. The molecule has 0 aromatic heterocycles. The van der Waals surface area contributed by atoms with E-state index < -0.39 is 0 Å². The molecule has 0 N–H and O–H groups in total. The van der Waals surface area contributed by atoms with Crippen molar-refractivity contribution in [3.8, 4) is 0 Å². The number of fused-ring (bicyclic) bond motifs is 1. The highest BCUT2D eigenvalue weighted by Crippen LogP contribution is 2.53. The summed E-state index contributed by atoms with van der Waals surface area (Å²) in [4.78, 5) is 6.19. The van der Waals surface area contributed by atoms with Gasteiger partial charge in [0.15, 0.2) is 0 Å². The van der Waals surface area contributed by atoms with Crippen molar-refractivity contribution in [2.24, 2.45) is 11.8 Å². The van der Waals surface area contributed by atoms with Gasteiger partial charge in [0.2, 0.25) is 0 Å². The maximum Gasteiger partial charge on any atom is 0.0887 e. The molecule has 4 unspecified atom stereocenters. The summed E-state index contributed by atoms with van der Waals surface area (Å²) in [6.07, 6.45) is 2.45. The summed E-state index contributed by atoms with van der Waals surface area (Å²) in [5.41, 5.74) is 4.65. The third-order valence-corrected chi connectivity index (χ3v) is 6.21. The van der Waals surface area contributed by atoms with Crippen LogP contribution in [-0.2, 0) is 10.3 Å². The number of hydrogen-bond donors (Lipinski definition) is 0. The monoisotopic (exact) mass is 301 g/mol. The zero-order valence-electron chi connectivity index (χ0n) is 15.2. The zero-order chi connectivity index (χ0) is 16.3. The van der Waals surface area contributed by atoms with Crippen LogP contribution < -0.4 is 0 Å². The maximum atomic E-state index is 6.19. The molecule has 1 aromatic rings.